The fraction of sp³-hybridized carbons (Fsp3) is 0.364. The van der Waals surface area contributed by atoms with E-state index in [0.29, 0.717) is 46.9 Å². The van der Waals surface area contributed by atoms with Gasteiger partial charge in [-0.25, -0.2) is 0 Å². The molecular weight excluding hydrogens is 424 g/mol. The molecule has 30 heavy (non-hydrogen) atoms. The van der Waals surface area contributed by atoms with Gasteiger partial charge in [0.25, 0.3) is 0 Å². The van der Waals surface area contributed by atoms with Crippen molar-refractivity contribution in [2.45, 2.75) is 19.6 Å². The van der Waals surface area contributed by atoms with Crippen molar-refractivity contribution in [3.8, 4) is 11.5 Å². The van der Waals surface area contributed by atoms with Gasteiger partial charge in [-0.2, -0.15) is 0 Å². The Bertz CT molecular complexity index is 846. The Morgan fingerprint density at radius 2 is 1.70 bits per heavy atom. The highest BCUT2D eigenvalue weighted by Gasteiger charge is 2.14. The first kappa shape index (κ1) is 23.9. The van der Waals surface area contributed by atoms with Gasteiger partial charge >= 0.3 is 0 Å². The van der Waals surface area contributed by atoms with Crippen molar-refractivity contribution in [1.82, 2.24) is 4.90 Å². The average Bonchev–Trinajstić information content (AvgIpc) is 2.71. The van der Waals surface area contributed by atoms with Gasteiger partial charge < -0.3 is 19.7 Å². The second kappa shape index (κ2) is 12.3. The van der Waals surface area contributed by atoms with E-state index in [0.717, 1.165) is 5.56 Å². The maximum atomic E-state index is 12.3. The molecule has 2 aromatic rings. The van der Waals surface area contributed by atoms with E-state index in [1.807, 2.05) is 38.1 Å². The number of halogens is 1. The number of thioether (sulfide) groups is 1. The van der Waals surface area contributed by atoms with Crippen LogP contribution in [0.25, 0.3) is 0 Å². The zero-order valence-corrected chi connectivity index (χ0v) is 19.0. The van der Waals surface area contributed by atoms with Gasteiger partial charge in [0.1, 0.15) is 0 Å². The monoisotopic (exact) mass is 450 g/mol. The summed E-state index contributed by atoms with van der Waals surface area (Å²) in [7, 11) is 1.62. The Hall–Kier alpha value is -2.38. The zero-order valence-electron chi connectivity index (χ0n) is 17.4. The van der Waals surface area contributed by atoms with Crippen molar-refractivity contribution in [3.05, 3.63) is 53.1 Å². The number of rotatable bonds is 11. The SMILES string of the molecule is CCOc1ccc(NC(=O)CN(C)C(=O)CSCc2ccc(Cl)cc2)cc1OCC. The van der Waals surface area contributed by atoms with E-state index < -0.39 is 0 Å². The van der Waals surface area contributed by atoms with E-state index in [-0.39, 0.29) is 18.4 Å². The summed E-state index contributed by atoms with van der Waals surface area (Å²) in [6.45, 7) is 4.76. The molecule has 0 unspecified atom stereocenters. The molecule has 0 radical (unpaired) electrons. The summed E-state index contributed by atoms with van der Waals surface area (Å²) in [5, 5.41) is 3.48. The van der Waals surface area contributed by atoms with E-state index in [1.165, 1.54) is 16.7 Å². The van der Waals surface area contributed by atoms with Gasteiger partial charge in [-0.15, -0.1) is 11.8 Å². The minimum Gasteiger partial charge on any atom is -0.490 e. The summed E-state index contributed by atoms with van der Waals surface area (Å²) < 4.78 is 11.1. The summed E-state index contributed by atoms with van der Waals surface area (Å²) in [5.74, 6) is 1.81. The molecule has 1 N–H and O–H groups in total. The largest absolute Gasteiger partial charge is 0.490 e. The van der Waals surface area contributed by atoms with E-state index in [9.17, 15) is 9.59 Å². The molecule has 0 saturated carbocycles. The number of carbonyl (C=O) groups excluding carboxylic acids is 2. The molecule has 0 aliphatic rings. The van der Waals surface area contributed by atoms with E-state index in [2.05, 4.69) is 5.32 Å². The summed E-state index contributed by atoms with van der Waals surface area (Å²) in [5.41, 5.74) is 1.68. The van der Waals surface area contributed by atoms with Crippen LogP contribution >= 0.6 is 23.4 Å². The van der Waals surface area contributed by atoms with Crippen LogP contribution in [0.5, 0.6) is 11.5 Å². The standard InChI is InChI=1S/C22H27ClN2O4S/c1-4-28-19-11-10-18(12-20(19)29-5-2)24-21(26)13-25(3)22(27)15-30-14-16-6-8-17(23)9-7-16/h6-12H,4-5,13-15H2,1-3H3,(H,24,26). The summed E-state index contributed by atoms with van der Waals surface area (Å²) in [4.78, 5) is 26.1. The van der Waals surface area contributed by atoms with Crippen LogP contribution in [0.15, 0.2) is 42.5 Å². The first-order valence-electron chi connectivity index (χ1n) is 9.68. The third-order valence-electron chi connectivity index (χ3n) is 4.04. The normalized spacial score (nSPS) is 10.4. The van der Waals surface area contributed by atoms with E-state index >= 15 is 0 Å². The number of anilines is 1. The molecule has 2 rings (SSSR count). The number of hydrogen-bond acceptors (Lipinski definition) is 5. The lowest BCUT2D eigenvalue weighted by atomic mass is 10.2. The van der Waals surface area contributed by atoms with Gasteiger partial charge in [-0.05, 0) is 43.7 Å². The topological polar surface area (TPSA) is 67.9 Å². The Labute approximate surface area is 186 Å². The average molecular weight is 451 g/mol. The van der Waals surface area contributed by atoms with Gasteiger partial charge in [-0.1, -0.05) is 23.7 Å². The number of nitrogens with zero attached hydrogens (tertiary/aromatic N) is 1. The lowest BCUT2D eigenvalue weighted by Crippen LogP contribution is -2.36. The Morgan fingerprint density at radius 3 is 2.37 bits per heavy atom. The molecule has 0 aliphatic carbocycles. The molecule has 0 aromatic heterocycles. The second-order valence-electron chi connectivity index (χ2n) is 6.44. The van der Waals surface area contributed by atoms with E-state index in [4.69, 9.17) is 21.1 Å². The molecule has 6 nitrogen and oxygen atoms in total. The number of nitrogens with one attached hydrogen (secondary N) is 1. The summed E-state index contributed by atoms with van der Waals surface area (Å²) in [6.07, 6.45) is 0. The molecule has 2 amide bonds. The van der Waals surface area contributed by atoms with Crippen LogP contribution in [0.4, 0.5) is 5.69 Å². The van der Waals surface area contributed by atoms with Gasteiger partial charge in [-0.3, -0.25) is 9.59 Å². The van der Waals surface area contributed by atoms with Gasteiger partial charge in [0.05, 0.1) is 25.5 Å². The molecule has 0 heterocycles. The molecule has 0 bridgehead atoms. The Morgan fingerprint density at radius 1 is 1.03 bits per heavy atom. The number of hydrogen-bond donors (Lipinski definition) is 1. The van der Waals surface area contributed by atoms with Crippen LogP contribution in [-0.2, 0) is 15.3 Å². The predicted octanol–water partition coefficient (Wildman–Crippen LogP) is 4.47. The highest BCUT2D eigenvalue weighted by molar-refractivity contribution is 7.99. The minimum absolute atomic E-state index is 0.0302. The lowest BCUT2D eigenvalue weighted by Gasteiger charge is -2.17. The highest BCUT2D eigenvalue weighted by Crippen LogP contribution is 2.30. The first-order chi connectivity index (χ1) is 14.4. The van der Waals surface area contributed by atoms with Gasteiger partial charge in [0, 0.05) is 29.6 Å². The molecule has 2 aromatic carbocycles. The Balaban J connectivity index is 1.82. The third-order valence-corrected chi connectivity index (χ3v) is 5.28. The van der Waals surface area contributed by atoms with Gasteiger partial charge in [0.2, 0.25) is 11.8 Å². The third kappa shape index (κ3) is 7.80. The zero-order chi connectivity index (χ0) is 21.9. The van der Waals surface area contributed by atoms with Crippen molar-refractivity contribution < 1.29 is 19.1 Å². The molecule has 0 saturated heterocycles. The second-order valence-corrected chi connectivity index (χ2v) is 7.87. The number of ether oxygens (including phenoxy) is 2. The predicted molar refractivity (Wildman–Crippen MR) is 123 cm³/mol. The van der Waals surface area contributed by atoms with Gasteiger partial charge in [0.15, 0.2) is 11.5 Å². The highest BCUT2D eigenvalue weighted by atomic mass is 35.5. The molecule has 162 valence electrons. The van der Waals surface area contributed by atoms with E-state index in [1.54, 1.807) is 25.2 Å². The smallest absolute Gasteiger partial charge is 0.243 e. The maximum absolute atomic E-state index is 12.3. The van der Waals surface area contributed by atoms with Crippen LogP contribution in [0.3, 0.4) is 0 Å². The van der Waals surface area contributed by atoms with Crippen molar-refractivity contribution in [1.29, 1.82) is 0 Å². The maximum Gasteiger partial charge on any atom is 0.243 e. The van der Waals surface area contributed by atoms with Crippen molar-refractivity contribution in [2.75, 3.05) is 37.9 Å². The van der Waals surface area contributed by atoms with Crippen LogP contribution < -0.4 is 14.8 Å². The number of benzene rings is 2. The molecule has 0 fully saturated rings. The molecule has 0 spiro atoms. The number of carbonyl (C=O) groups is 2. The molecular formula is C22H27ClN2O4S. The molecule has 8 heteroatoms. The number of likely N-dealkylation sites (N-methyl/N-ethyl adjacent to an activating group) is 1. The lowest BCUT2D eigenvalue weighted by molar-refractivity contribution is -0.131. The van der Waals surface area contributed by atoms with Crippen LogP contribution in [0, 0.1) is 0 Å². The minimum atomic E-state index is -0.278. The molecule has 0 aliphatic heterocycles. The van der Waals surface area contributed by atoms with Crippen molar-refractivity contribution in [3.63, 3.8) is 0 Å². The van der Waals surface area contributed by atoms with Crippen LogP contribution in [0.2, 0.25) is 5.02 Å². The fourth-order valence-corrected chi connectivity index (χ4v) is 3.63. The summed E-state index contributed by atoms with van der Waals surface area (Å²) >= 11 is 7.37. The van der Waals surface area contributed by atoms with Crippen LogP contribution in [0.1, 0.15) is 19.4 Å². The Kier molecular flexibility index (Phi) is 9.83. The van der Waals surface area contributed by atoms with Crippen molar-refractivity contribution in [2.24, 2.45) is 0 Å². The fourth-order valence-electron chi connectivity index (χ4n) is 2.58. The first-order valence-corrected chi connectivity index (χ1v) is 11.2. The molecule has 0 atom stereocenters. The summed E-state index contributed by atoms with van der Waals surface area (Å²) in [6, 6.07) is 12.7. The number of amides is 2. The van der Waals surface area contributed by atoms with Crippen LogP contribution in [-0.4, -0.2) is 49.3 Å². The quantitative estimate of drug-likeness (QED) is 0.547. The van der Waals surface area contributed by atoms with Crippen molar-refractivity contribution >= 4 is 40.9 Å².